The van der Waals surface area contributed by atoms with E-state index < -0.39 is 10.0 Å². The van der Waals surface area contributed by atoms with Gasteiger partial charge in [-0.15, -0.1) is 0 Å². The monoisotopic (exact) mass is 412 g/mol. The smallest absolute Gasteiger partial charge is 0.259 e. The fraction of sp³-hybridized carbons (Fsp3) is 0.286. The molecule has 29 heavy (non-hydrogen) atoms. The van der Waals surface area contributed by atoms with E-state index in [1.807, 2.05) is 36.4 Å². The molecule has 0 unspecified atom stereocenters. The van der Waals surface area contributed by atoms with Crippen molar-refractivity contribution >= 4 is 10.0 Å². The second kappa shape index (κ2) is 7.98. The molecule has 0 fully saturated rings. The Morgan fingerprint density at radius 3 is 2.72 bits per heavy atom. The van der Waals surface area contributed by atoms with Crippen LogP contribution in [0.25, 0.3) is 0 Å². The first-order valence-electron chi connectivity index (χ1n) is 9.45. The summed E-state index contributed by atoms with van der Waals surface area (Å²) in [5.74, 6) is 0.914. The lowest BCUT2D eigenvalue weighted by molar-refractivity contribution is 0.238. The minimum atomic E-state index is -3.67. The Hall–Kier alpha value is -2.68. The molecule has 0 spiro atoms. The van der Waals surface area contributed by atoms with E-state index in [1.54, 1.807) is 11.6 Å². The number of hydrogen-bond acceptors (Lipinski definition) is 5. The zero-order valence-corrected chi connectivity index (χ0v) is 17.0. The van der Waals surface area contributed by atoms with E-state index in [0.717, 1.165) is 23.3 Å². The Morgan fingerprint density at radius 1 is 1.21 bits per heavy atom. The zero-order valence-electron chi connectivity index (χ0n) is 16.2. The van der Waals surface area contributed by atoms with Crippen LogP contribution in [-0.4, -0.2) is 30.6 Å². The summed E-state index contributed by atoms with van der Waals surface area (Å²) in [6.45, 7) is 0.635. The molecule has 3 aromatic rings. The minimum absolute atomic E-state index is 0.00488. The maximum Gasteiger partial charge on any atom is 0.259 e. The van der Waals surface area contributed by atoms with Crippen molar-refractivity contribution < 1.29 is 13.2 Å². The molecule has 2 atom stereocenters. The Bertz CT molecular complexity index is 1100. The number of ether oxygens (including phenoxy) is 1. The average molecular weight is 413 g/mol. The van der Waals surface area contributed by atoms with Crippen LogP contribution in [0.4, 0.5) is 0 Å². The van der Waals surface area contributed by atoms with Gasteiger partial charge in [-0.1, -0.05) is 42.5 Å². The van der Waals surface area contributed by atoms with Gasteiger partial charge < -0.3 is 15.0 Å². The van der Waals surface area contributed by atoms with Crippen molar-refractivity contribution in [3.8, 4) is 5.75 Å². The normalized spacial score (nSPS) is 18.8. The summed E-state index contributed by atoms with van der Waals surface area (Å²) < 4.78 is 34.9. The highest BCUT2D eigenvalue weighted by molar-refractivity contribution is 7.89. The molecule has 7 nitrogen and oxygen atoms in total. The van der Waals surface area contributed by atoms with Crippen molar-refractivity contribution in [3.05, 3.63) is 77.7 Å². The Morgan fingerprint density at radius 2 is 2.00 bits per heavy atom. The van der Waals surface area contributed by atoms with Crippen LogP contribution in [0.2, 0.25) is 0 Å². The lowest BCUT2D eigenvalue weighted by Gasteiger charge is -2.32. The molecule has 3 N–H and O–H groups in total. The number of nitrogens with two attached hydrogens (primary N) is 1. The highest BCUT2D eigenvalue weighted by atomic mass is 32.2. The van der Waals surface area contributed by atoms with Crippen molar-refractivity contribution in [3.63, 3.8) is 0 Å². The first kappa shape index (κ1) is 19.6. The summed E-state index contributed by atoms with van der Waals surface area (Å²) in [6, 6.07) is 15.8. The van der Waals surface area contributed by atoms with E-state index in [1.165, 1.54) is 18.1 Å². The molecular weight excluding hydrogens is 388 g/mol. The lowest BCUT2D eigenvalue weighted by Crippen LogP contribution is -2.39. The molecule has 1 aliphatic heterocycles. The number of sulfonamides is 1. The van der Waals surface area contributed by atoms with Crippen molar-refractivity contribution in [1.82, 2.24) is 14.3 Å². The van der Waals surface area contributed by atoms with Crippen LogP contribution >= 0.6 is 0 Å². The third-order valence-corrected chi connectivity index (χ3v) is 6.43. The predicted octanol–water partition coefficient (Wildman–Crippen LogP) is 1.94. The van der Waals surface area contributed by atoms with Crippen molar-refractivity contribution in [2.24, 2.45) is 12.8 Å². The van der Waals surface area contributed by atoms with E-state index in [-0.39, 0.29) is 23.5 Å². The highest BCUT2D eigenvalue weighted by Gasteiger charge is 2.29. The van der Waals surface area contributed by atoms with Gasteiger partial charge in [0.25, 0.3) is 10.0 Å². The molecule has 1 aliphatic rings. The number of benzene rings is 2. The van der Waals surface area contributed by atoms with Crippen molar-refractivity contribution in [2.45, 2.75) is 30.0 Å². The fourth-order valence-corrected chi connectivity index (χ4v) is 4.57. The molecule has 4 rings (SSSR count). The quantitative estimate of drug-likeness (QED) is 0.645. The van der Waals surface area contributed by atoms with E-state index in [4.69, 9.17) is 10.5 Å². The molecule has 0 bridgehead atoms. The Kier molecular flexibility index (Phi) is 5.40. The number of imidazole rings is 1. The van der Waals surface area contributed by atoms with Crippen molar-refractivity contribution in [1.29, 1.82) is 0 Å². The van der Waals surface area contributed by atoms with Crippen LogP contribution in [0.5, 0.6) is 5.75 Å². The standard InChI is InChI=1S/C21H24N4O3S/c1-25-12-21(23-14-25)29(26,27)24-11-16-7-8-20-18(10-16)17(19(22)13-28-20)9-15-5-3-2-4-6-15/h2-8,10,12,14,17,19,24H,9,11,13,22H2,1H3/t17-,19+/m0/s1. The molecule has 0 radical (unpaired) electrons. The lowest BCUT2D eigenvalue weighted by atomic mass is 9.84. The van der Waals surface area contributed by atoms with Crippen LogP contribution in [0.3, 0.4) is 0 Å². The van der Waals surface area contributed by atoms with E-state index in [2.05, 4.69) is 21.8 Å². The number of hydrogen-bond donors (Lipinski definition) is 2. The number of aromatic nitrogens is 2. The van der Waals surface area contributed by atoms with Gasteiger partial charge in [0.05, 0.1) is 6.33 Å². The first-order chi connectivity index (χ1) is 13.9. The third-order valence-electron chi connectivity index (χ3n) is 5.14. The number of nitrogens with zero attached hydrogens (tertiary/aromatic N) is 2. The van der Waals surface area contributed by atoms with Gasteiger partial charge in [-0.3, -0.25) is 0 Å². The minimum Gasteiger partial charge on any atom is -0.492 e. The maximum absolute atomic E-state index is 12.4. The summed E-state index contributed by atoms with van der Waals surface area (Å²) in [5, 5.41) is 0.00488. The van der Waals surface area contributed by atoms with E-state index in [9.17, 15) is 8.42 Å². The van der Waals surface area contributed by atoms with Gasteiger partial charge in [0.15, 0.2) is 5.03 Å². The zero-order chi connectivity index (χ0) is 20.4. The van der Waals surface area contributed by atoms with Gasteiger partial charge in [-0.05, 0) is 29.2 Å². The van der Waals surface area contributed by atoms with Gasteiger partial charge in [0.1, 0.15) is 12.4 Å². The van der Waals surface area contributed by atoms with Crippen molar-refractivity contribution in [2.75, 3.05) is 6.61 Å². The third kappa shape index (κ3) is 4.34. The predicted molar refractivity (Wildman–Crippen MR) is 110 cm³/mol. The Labute approximate surface area is 170 Å². The van der Waals surface area contributed by atoms with Crippen LogP contribution in [0, 0.1) is 0 Å². The molecular formula is C21H24N4O3S. The van der Waals surface area contributed by atoms with E-state index in [0.29, 0.717) is 6.61 Å². The number of rotatable bonds is 6. The second-order valence-electron chi connectivity index (χ2n) is 7.35. The summed E-state index contributed by atoms with van der Waals surface area (Å²) in [4.78, 5) is 3.91. The van der Waals surface area contributed by atoms with Gasteiger partial charge in [0.2, 0.25) is 0 Å². The first-order valence-corrected chi connectivity index (χ1v) is 10.9. The molecule has 2 aromatic carbocycles. The number of aryl methyl sites for hydroxylation is 1. The Balaban J connectivity index is 1.55. The molecule has 0 aliphatic carbocycles. The molecule has 152 valence electrons. The molecule has 0 saturated carbocycles. The summed E-state index contributed by atoms with van der Waals surface area (Å²) in [5.41, 5.74) is 9.44. The number of nitrogens with one attached hydrogen (secondary N) is 1. The summed E-state index contributed by atoms with van der Waals surface area (Å²) in [7, 11) is -1.94. The molecule has 8 heteroatoms. The largest absolute Gasteiger partial charge is 0.492 e. The van der Waals surface area contributed by atoms with Gasteiger partial charge >= 0.3 is 0 Å². The molecule has 2 heterocycles. The molecule has 0 saturated heterocycles. The summed E-state index contributed by atoms with van der Waals surface area (Å²) >= 11 is 0. The van der Waals surface area contributed by atoms with Crippen LogP contribution in [0.15, 0.2) is 66.1 Å². The SMILES string of the molecule is Cn1cnc(S(=O)(=O)NCc2ccc3c(c2)[C@H](Cc2ccccc2)[C@H](N)CO3)c1. The molecule has 0 amide bonds. The van der Waals surface area contributed by atoms with Crippen LogP contribution in [-0.2, 0) is 30.0 Å². The molecule has 1 aromatic heterocycles. The van der Waals surface area contributed by atoms with Gasteiger partial charge in [-0.2, -0.15) is 0 Å². The van der Waals surface area contributed by atoms with Gasteiger partial charge in [-0.25, -0.2) is 18.1 Å². The summed E-state index contributed by atoms with van der Waals surface area (Å²) in [6.07, 6.45) is 3.74. The average Bonchev–Trinajstić information content (AvgIpc) is 3.17. The van der Waals surface area contributed by atoms with Crippen LogP contribution < -0.4 is 15.2 Å². The topological polar surface area (TPSA) is 99.2 Å². The fourth-order valence-electron chi connectivity index (χ4n) is 3.57. The second-order valence-corrected chi connectivity index (χ2v) is 9.06. The number of fused-ring (bicyclic) bond motifs is 1. The maximum atomic E-state index is 12.4. The van der Waals surface area contributed by atoms with Gasteiger partial charge in [0, 0.05) is 31.7 Å². The van der Waals surface area contributed by atoms with Crippen LogP contribution in [0.1, 0.15) is 22.6 Å². The van der Waals surface area contributed by atoms with E-state index >= 15 is 0 Å². The highest BCUT2D eigenvalue weighted by Crippen LogP contribution is 2.36.